The van der Waals surface area contributed by atoms with Crippen molar-refractivity contribution in [2.45, 2.75) is 71.1 Å². The number of thioether (sulfide) groups is 1. The van der Waals surface area contributed by atoms with E-state index in [-0.39, 0.29) is 42.5 Å². The Morgan fingerprint density at radius 3 is 2.40 bits per heavy atom. The number of aromatic hydroxyl groups is 1. The number of phenols is 1. The van der Waals surface area contributed by atoms with Gasteiger partial charge < -0.3 is 48.9 Å². The molecule has 57 heavy (non-hydrogen) atoms. The summed E-state index contributed by atoms with van der Waals surface area (Å²) in [6.45, 7) is 7.80. The first-order chi connectivity index (χ1) is 27.2. The smallest absolute Gasteiger partial charge is 0.339 e. The molecular weight excluding hydrogens is 755 g/mol. The number of hydrogen-bond acceptors (Lipinski definition) is 14. The second kappa shape index (κ2) is 17.4. The molecule has 6 rings (SSSR count). The summed E-state index contributed by atoms with van der Waals surface area (Å²) in [4.78, 5) is 43.3. The predicted molar refractivity (Wildman–Crippen MR) is 214 cm³/mol. The summed E-state index contributed by atoms with van der Waals surface area (Å²) in [5.41, 5.74) is 5.93. The number of likely N-dealkylation sites (N-methyl/N-ethyl adjacent to an activating group) is 1. The number of esters is 2. The van der Waals surface area contributed by atoms with Gasteiger partial charge in [0.1, 0.15) is 29.7 Å². The zero-order valence-corrected chi connectivity index (χ0v) is 34.9. The molecule has 3 aromatic carbocycles. The first-order valence-corrected chi connectivity index (χ1v) is 20.4. The molecule has 1 unspecified atom stereocenters. The fourth-order valence-corrected chi connectivity index (χ4v) is 9.57. The normalized spacial score (nSPS) is 19.5. The van der Waals surface area contributed by atoms with E-state index >= 15 is 0 Å². The van der Waals surface area contributed by atoms with Crippen LogP contribution in [0.25, 0.3) is 0 Å². The van der Waals surface area contributed by atoms with E-state index in [9.17, 15) is 24.6 Å². The molecule has 0 radical (unpaired) electrons. The third kappa shape index (κ3) is 7.94. The number of carboxylic acid groups (broad SMARTS) is 1. The molecule has 3 aromatic rings. The standard InChI is InChI=1S/C42H53N3O11S/c1-21-15-26-11-10-14-45(30(19-57-9)35(44(5)6)33(26)36(47)37(21)52-8)29(32-22(2)38(56-24(4)46)23(3)39-40(32)55-20-54-39)18-53-42(50)34-27-17-31(51-7)28(41(48)49)16-25(27)12-13-43-34/h15-17,29-30,34-35,43,47H,10-14,18-20H2,1-9H3,(H,48,49)/t29-,30?,34+,35-/m0/s1. The lowest BCUT2D eigenvalue weighted by molar-refractivity contribution is -0.149. The Labute approximate surface area is 337 Å². The molecule has 0 aromatic heterocycles. The highest BCUT2D eigenvalue weighted by atomic mass is 32.2. The predicted octanol–water partition coefficient (Wildman–Crippen LogP) is 5.44. The third-order valence-electron chi connectivity index (χ3n) is 11.2. The van der Waals surface area contributed by atoms with E-state index in [0.717, 1.165) is 22.3 Å². The van der Waals surface area contributed by atoms with Gasteiger partial charge in [0.15, 0.2) is 23.0 Å². The average Bonchev–Trinajstić information content (AvgIpc) is 3.65. The molecular formula is C42H53N3O11S. The summed E-state index contributed by atoms with van der Waals surface area (Å²) in [6.07, 6.45) is 3.93. The Bertz CT molecular complexity index is 2050. The van der Waals surface area contributed by atoms with Crippen LogP contribution in [0.15, 0.2) is 18.2 Å². The minimum Gasteiger partial charge on any atom is -0.504 e. The number of phenolic OH excluding ortho intramolecular Hbond substituents is 1. The van der Waals surface area contributed by atoms with Crippen molar-refractivity contribution in [3.8, 4) is 34.5 Å². The van der Waals surface area contributed by atoms with Crippen molar-refractivity contribution in [3.63, 3.8) is 0 Å². The molecule has 4 atom stereocenters. The van der Waals surface area contributed by atoms with E-state index in [2.05, 4.69) is 21.2 Å². The summed E-state index contributed by atoms with van der Waals surface area (Å²) in [5, 5.41) is 25.0. The van der Waals surface area contributed by atoms with E-state index < -0.39 is 30.0 Å². The van der Waals surface area contributed by atoms with Crippen molar-refractivity contribution < 1.29 is 53.0 Å². The number of ether oxygens (including phenoxy) is 6. The summed E-state index contributed by atoms with van der Waals surface area (Å²) in [6, 6.07) is 3.11. The van der Waals surface area contributed by atoms with E-state index in [1.54, 1.807) is 31.0 Å². The van der Waals surface area contributed by atoms with Gasteiger partial charge >= 0.3 is 17.9 Å². The van der Waals surface area contributed by atoms with Crippen molar-refractivity contribution in [1.82, 2.24) is 15.1 Å². The number of methoxy groups -OCH3 is 2. The van der Waals surface area contributed by atoms with Gasteiger partial charge in [0.25, 0.3) is 0 Å². The van der Waals surface area contributed by atoms with Crippen LogP contribution in [-0.4, -0.2) is 111 Å². The van der Waals surface area contributed by atoms with Gasteiger partial charge in [-0.05, 0) is 101 Å². The molecule has 15 heteroatoms. The molecule has 0 saturated heterocycles. The van der Waals surface area contributed by atoms with Crippen LogP contribution in [0.1, 0.15) is 86.3 Å². The summed E-state index contributed by atoms with van der Waals surface area (Å²) >= 11 is 1.67. The van der Waals surface area contributed by atoms with Crippen LogP contribution in [0.2, 0.25) is 0 Å². The van der Waals surface area contributed by atoms with Crippen LogP contribution >= 0.6 is 11.8 Å². The molecule has 0 amide bonds. The highest BCUT2D eigenvalue weighted by Gasteiger charge is 2.43. The van der Waals surface area contributed by atoms with Crippen LogP contribution in [0.5, 0.6) is 34.5 Å². The second-order valence-corrected chi connectivity index (χ2v) is 15.8. The number of carbonyl (C=O) groups excluding carboxylic acids is 2. The zero-order valence-electron chi connectivity index (χ0n) is 34.1. The molecule has 0 bridgehead atoms. The van der Waals surface area contributed by atoms with Gasteiger partial charge in [-0.1, -0.05) is 6.07 Å². The number of hydrogen-bond donors (Lipinski definition) is 3. The number of nitrogens with zero attached hydrogens (tertiary/aromatic N) is 2. The highest BCUT2D eigenvalue weighted by Crippen LogP contribution is 2.52. The maximum Gasteiger partial charge on any atom is 0.339 e. The van der Waals surface area contributed by atoms with Gasteiger partial charge in [0.05, 0.1) is 26.3 Å². The number of aryl methyl sites for hydroxylation is 2. The van der Waals surface area contributed by atoms with E-state index in [1.165, 1.54) is 14.0 Å². The molecule has 0 aliphatic carbocycles. The summed E-state index contributed by atoms with van der Waals surface area (Å²) < 4.78 is 35.6. The molecule has 0 spiro atoms. The lowest BCUT2D eigenvalue weighted by atomic mass is 9.85. The van der Waals surface area contributed by atoms with Crippen molar-refractivity contribution >= 4 is 29.7 Å². The van der Waals surface area contributed by atoms with Gasteiger partial charge in [-0.15, -0.1) is 0 Å². The summed E-state index contributed by atoms with van der Waals surface area (Å²) in [7, 11) is 6.93. The van der Waals surface area contributed by atoms with E-state index in [1.807, 2.05) is 41.1 Å². The lowest BCUT2D eigenvalue weighted by Crippen LogP contribution is -2.50. The molecule has 0 fully saturated rings. The van der Waals surface area contributed by atoms with Gasteiger partial charge in [-0.25, -0.2) is 9.59 Å². The fourth-order valence-electron chi connectivity index (χ4n) is 8.85. The number of benzene rings is 3. The molecule has 3 heterocycles. The number of nitrogens with one attached hydrogen (secondary N) is 1. The van der Waals surface area contributed by atoms with Crippen LogP contribution in [0.4, 0.5) is 0 Å². The molecule has 308 valence electrons. The van der Waals surface area contributed by atoms with Crippen molar-refractivity contribution in [1.29, 1.82) is 0 Å². The zero-order chi connectivity index (χ0) is 41.3. The average molecular weight is 808 g/mol. The van der Waals surface area contributed by atoms with Gasteiger partial charge in [0, 0.05) is 47.5 Å². The number of carboxylic acids is 1. The second-order valence-electron chi connectivity index (χ2n) is 14.9. The summed E-state index contributed by atoms with van der Waals surface area (Å²) in [5.74, 6) is 0.434. The molecule has 3 aliphatic rings. The molecule has 3 N–H and O–H groups in total. The van der Waals surface area contributed by atoms with Gasteiger partial charge in [-0.3, -0.25) is 9.69 Å². The number of rotatable bonds is 12. The molecule has 3 aliphatic heterocycles. The van der Waals surface area contributed by atoms with E-state index in [4.69, 9.17) is 28.4 Å². The topological polar surface area (TPSA) is 166 Å². The Hall–Kier alpha value is -4.70. The first kappa shape index (κ1) is 41.9. The molecule has 14 nitrogen and oxygen atoms in total. The molecule has 0 saturated carbocycles. The van der Waals surface area contributed by atoms with Gasteiger partial charge in [-0.2, -0.15) is 11.8 Å². The minimum absolute atomic E-state index is 0.0209. The van der Waals surface area contributed by atoms with Crippen LogP contribution in [0, 0.1) is 20.8 Å². The Kier molecular flexibility index (Phi) is 12.8. The van der Waals surface area contributed by atoms with Crippen LogP contribution in [-0.2, 0) is 27.2 Å². The maximum absolute atomic E-state index is 14.4. The number of fused-ring (bicyclic) bond motifs is 3. The van der Waals surface area contributed by atoms with Crippen molar-refractivity contribution in [2.75, 3.05) is 66.8 Å². The van der Waals surface area contributed by atoms with Crippen LogP contribution in [0.3, 0.4) is 0 Å². The monoisotopic (exact) mass is 807 g/mol. The third-order valence-corrected chi connectivity index (χ3v) is 11.9. The largest absolute Gasteiger partial charge is 0.504 e. The van der Waals surface area contributed by atoms with Crippen molar-refractivity contribution in [2.24, 2.45) is 0 Å². The Morgan fingerprint density at radius 1 is 1.02 bits per heavy atom. The van der Waals surface area contributed by atoms with Gasteiger partial charge in [0.2, 0.25) is 6.79 Å². The maximum atomic E-state index is 14.4. The SMILES string of the molecule is COc1cc2c(cc1C(=O)O)CCN[C@H]2C(=O)OC[C@@H](c1c(C)c(OC(C)=O)c(C)c2c1OCO2)N1CCCc2cc(C)c(OC)c(O)c2[C@@H](N(C)C)C1CSC. The lowest BCUT2D eigenvalue weighted by Gasteiger charge is -2.46. The fraction of sp³-hybridized carbons (Fsp3) is 0.500. The highest BCUT2D eigenvalue weighted by molar-refractivity contribution is 7.98. The number of aromatic carboxylic acids is 1. The number of carbonyl (C=O) groups is 3. The Morgan fingerprint density at radius 2 is 1.75 bits per heavy atom. The van der Waals surface area contributed by atoms with Crippen LogP contribution < -0.4 is 29.0 Å². The van der Waals surface area contributed by atoms with E-state index in [0.29, 0.717) is 83.4 Å². The first-order valence-electron chi connectivity index (χ1n) is 19.0. The minimum atomic E-state index is -1.12. The van der Waals surface area contributed by atoms with Crippen molar-refractivity contribution in [3.05, 3.63) is 68.3 Å². The quantitative estimate of drug-likeness (QED) is 0.156. The Balaban J connectivity index is 1.51.